The first-order valence-corrected chi connectivity index (χ1v) is 6.94. The molecule has 0 spiro atoms. The van der Waals surface area contributed by atoms with E-state index in [1.54, 1.807) is 0 Å². The van der Waals surface area contributed by atoms with Crippen LogP contribution in [0.2, 0.25) is 0 Å². The molecule has 1 aromatic rings. The molecule has 1 aliphatic heterocycles. The molecule has 1 aliphatic rings. The number of nitrogens with zero attached hydrogens (tertiary/aromatic N) is 1. The Bertz CT molecular complexity index is 407. The Labute approximate surface area is 115 Å². The number of hydrogen-bond acceptors (Lipinski definition) is 3. The summed E-state index contributed by atoms with van der Waals surface area (Å²) in [7, 11) is 2.10. The highest BCUT2D eigenvalue weighted by Crippen LogP contribution is 2.13. The molecule has 19 heavy (non-hydrogen) atoms. The molecule has 0 aromatic heterocycles. The quantitative estimate of drug-likeness (QED) is 0.823. The molecule has 104 valence electrons. The monoisotopic (exact) mass is 261 g/mol. The second-order valence-corrected chi connectivity index (χ2v) is 5.32. The molecule has 1 saturated heterocycles. The molecule has 4 nitrogen and oxygen atoms in total. The summed E-state index contributed by atoms with van der Waals surface area (Å²) in [4.78, 5) is 14.3. The average Bonchev–Trinajstić information content (AvgIpc) is 2.82. The van der Waals surface area contributed by atoms with Crippen LogP contribution < -0.4 is 11.1 Å². The van der Waals surface area contributed by atoms with Crippen molar-refractivity contribution in [2.45, 2.75) is 31.3 Å². The second-order valence-electron chi connectivity index (χ2n) is 5.32. The zero-order chi connectivity index (χ0) is 13.7. The van der Waals surface area contributed by atoms with Gasteiger partial charge in [0.15, 0.2) is 0 Å². The van der Waals surface area contributed by atoms with Crippen molar-refractivity contribution in [3.05, 3.63) is 35.9 Å². The fraction of sp³-hybridized carbons (Fsp3) is 0.533. The summed E-state index contributed by atoms with van der Waals surface area (Å²) >= 11 is 0. The van der Waals surface area contributed by atoms with E-state index < -0.39 is 6.04 Å². The number of amides is 1. The van der Waals surface area contributed by atoms with Crippen LogP contribution in [-0.2, 0) is 11.2 Å². The smallest absolute Gasteiger partial charge is 0.237 e. The molecule has 2 rings (SSSR count). The molecule has 0 saturated carbocycles. The van der Waals surface area contributed by atoms with E-state index in [1.807, 2.05) is 30.3 Å². The summed E-state index contributed by atoms with van der Waals surface area (Å²) in [5.74, 6) is -0.0517. The Morgan fingerprint density at radius 2 is 2.21 bits per heavy atom. The van der Waals surface area contributed by atoms with Gasteiger partial charge in [-0.15, -0.1) is 0 Å². The molecular formula is C15H23N3O. The Morgan fingerprint density at radius 3 is 2.84 bits per heavy atom. The number of nitrogens with two attached hydrogens (primary N) is 1. The lowest BCUT2D eigenvalue weighted by molar-refractivity contribution is -0.122. The van der Waals surface area contributed by atoms with Crippen molar-refractivity contribution >= 4 is 5.91 Å². The largest absolute Gasteiger partial charge is 0.353 e. The van der Waals surface area contributed by atoms with Crippen LogP contribution in [-0.4, -0.2) is 43.0 Å². The number of likely N-dealkylation sites (N-methyl/N-ethyl adjacent to an activating group) is 1. The maximum Gasteiger partial charge on any atom is 0.237 e. The molecule has 0 aliphatic carbocycles. The molecule has 0 bridgehead atoms. The average molecular weight is 261 g/mol. The van der Waals surface area contributed by atoms with Crippen LogP contribution in [0.1, 0.15) is 18.4 Å². The first kappa shape index (κ1) is 14.0. The van der Waals surface area contributed by atoms with Crippen molar-refractivity contribution in [2.24, 2.45) is 5.73 Å². The Hall–Kier alpha value is -1.39. The van der Waals surface area contributed by atoms with Crippen molar-refractivity contribution in [3.8, 4) is 0 Å². The molecular weight excluding hydrogens is 238 g/mol. The molecule has 0 radical (unpaired) electrons. The molecule has 1 fully saturated rings. The predicted molar refractivity (Wildman–Crippen MR) is 76.8 cm³/mol. The number of carbonyl (C=O) groups excluding carboxylic acids is 1. The van der Waals surface area contributed by atoms with Gasteiger partial charge in [0.25, 0.3) is 0 Å². The fourth-order valence-corrected chi connectivity index (χ4v) is 2.55. The normalized spacial score (nSPS) is 21.3. The lowest BCUT2D eigenvalue weighted by Crippen LogP contribution is -2.46. The van der Waals surface area contributed by atoms with Crippen LogP contribution in [0.15, 0.2) is 30.3 Å². The Kier molecular flexibility index (Phi) is 4.93. The van der Waals surface area contributed by atoms with Crippen LogP contribution in [0, 0.1) is 0 Å². The minimum absolute atomic E-state index is 0.0517. The van der Waals surface area contributed by atoms with Gasteiger partial charge in [-0.25, -0.2) is 0 Å². The van der Waals surface area contributed by atoms with Gasteiger partial charge >= 0.3 is 0 Å². The lowest BCUT2D eigenvalue weighted by Gasteiger charge is -2.21. The van der Waals surface area contributed by atoms with Crippen LogP contribution in [0.4, 0.5) is 0 Å². The summed E-state index contributed by atoms with van der Waals surface area (Å²) in [6.45, 7) is 1.83. The van der Waals surface area contributed by atoms with Crippen molar-refractivity contribution in [1.29, 1.82) is 0 Å². The van der Waals surface area contributed by atoms with Gasteiger partial charge in [0, 0.05) is 12.6 Å². The predicted octanol–water partition coefficient (Wildman–Crippen LogP) is 0.767. The lowest BCUT2D eigenvalue weighted by atomic mass is 10.1. The van der Waals surface area contributed by atoms with E-state index in [9.17, 15) is 4.79 Å². The van der Waals surface area contributed by atoms with Crippen molar-refractivity contribution in [2.75, 3.05) is 20.1 Å². The molecule has 1 amide bonds. The van der Waals surface area contributed by atoms with Crippen molar-refractivity contribution < 1.29 is 4.79 Å². The number of rotatable bonds is 5. The molecule has 2 atom stereocenters. The van der Waals surface area contributed by atoms with Crippen LogP contribution >= 0.6 is 0 Å². The summed E-state index contributed by atoms with van der Waals surface area (Å²) in [6, 6.07) is 9.89. The van der Waals surface area contributed by atoms with Gasteiger partial charge in [0.2, 0.25) is 5.91 Å². The number of nitrogens with one attached hydrogen (secondary N) is 1. The minimum Gasteiger partial charge on any atom is -0.353 e. The first-order valence-electron chi connectivity index (χ1n) is 6.94. The number of likely N-dealkylation sites (tertiary alicyclic amines) is 1. The third-order valence-corrected chi connectivity index (χ3v) is 3.82. The summed E-state index contributed by atoms with van der Waals surface area (Å²) in [5, 5.41) is 2.97. The Balaban J connectivity index is 1.76. The van der Waals surface area contributed by atoms with E-state index >= 15 is 0 Å². The van der Waals surface area contributed by atoms with Gasteiger partial charge < -0.3 is 16.0 Å². The van der Waals surface area contributed by atoms with E-state index in [0.29, 0.717) is 19.0 Å². The zero-order valence-corrected chi connectivity index (χ0v) is 11.5. The van der Waals surface area contributed by atoms with E-state index in [0.717, 1.165) is 18.5 Å². The summed E-state index contributed by atoms with van der Waals surface area (Å²) < 4.78 is 0. The zero-order valence-electron chi connectivity index (χ0n) is 11.5. The fourth-order valence-electron chi connectivity index (χ4n) is 2.55. The van der Waals surface area contributed by atoms with Crippen LogP contribution in [0.5, 0.6) is 0 Å². The van der Waals surface area contributed by atoms with E-state index in [2.05, 4.69) is 17.3 Å². The molecule has 3 N–H and O–H groups in total. The number of hydrogen-bond donors (Lipinski definition) is 2. The molecule has 1 heterocycles. The third kappa shape index (κ3) is 4.04. The van der Waals surface area contributed by atoms with Crippen molar-refractivity contribution in [3.63, 3.8) is 0 Å². The van der Waals surface area contributed by atoms with Gasteiger partial charge in [0.1, 0.15) is 0 Å². The number of carbonyl (C=O) groups is 1. The van der Waals surface area contributed by atoms with Gasteiger partial charge in [-0.2, -0.15) is 0 Å². The van der Waals surface area contributed by atoms with Gasteiger partial charge in [-0.05, 0) is 38.4 Å². The van der Waals surface area contributed by atoms with Crippen LogP contribution in [0.25, 0.3) is 0 Å². The second kappa shape index (κ2) is 6.68. The SMILES string of the molecule is CN1CCCC1CNC(=O)[C@@H](N)Cc1ccccc1. The van der Waals surface area contributed by atoms with E-state index in [1.165, 1.54) is 6.42 Å². The summed E-state index contributed by atoms with van der Waals surface area (Å²) in [6.07, 6.45) is 2.96. The van der Waals surface area contributed by atoms with Gasteiger partial charge in [-0.3, -0.25) is 4.79 Å². The van der Waals surface area contributed by atoms with E-state index in [-0.39, 0.29) is 5.91 Å². The highest BCUT2D eigenvalue weighted by atomic mass is 16.2. The van der Waals surface area contributed by atoms with Gasteiger partial charge in [0.05, 0.1) is 6.04 Å². The van der Waals surface area contributed by atoms with Crippen LogP contribution in [0.3, 0.4) is 0 Å². The maximum absolute atomic E-state index is 12.0. The Morgan fingerprint density at radius 1 is 1.47 bits per heavy atom. The standard InChI is InChI=1S/C15H23N3O/c1-18-9-5-8-13(18)11-17-15(19)14(16)10-12-6-3-2-4-7-12/h2-4,6-7,13-14H,5,8-11,16H2,1H3,(H,17,19)/t13?,14-/m0/s1. The highest BCUT2D eigenvalue weighted by molar-refractivity contribution is 5.81. The van der Waals surface area contributed by atoms with E-state index in [4.69, 9.17) is 5.73 Å². The first-order chi connectivity index (χ1) is 9.16. The molecule has 1 aromatic carbocycles. The topological polar surface area (TPSA) is 58.4 Å². The minimum atomic E-state index is -0.464. The summed E-state index contributed by atoms with van der Waals surface area (Å²) in [5.41, 5.74) is 7.04. The highest BCUT2D eigenvalue weighted by Gasteiger charge is 2.22. The van der Waals surface area contributed by atoms with Crippen molar-refractivity contribution in [1.82, 2.24) is 10.2 Å². The molecule has 1 unspecified atom stereocenters. The molecule has 4 heteroatoms. The number of benzene rings is 1. The third-order valence-electron chi connectivity index (χ3n) is 3.82. The van der Waals surface area contributed by atoms with Gasteiger partial charge in [-0.1, -0.05) is 30.3 Å². The maximum atomic E-state index is 12.0.